The Morgan fingerprint density at radius 2 is 1.74 bits per heavy atom. The minimum atomic E-state index is -0.618. The van der Waals surface area contributed by atoms with E-state index in [4.69, 9.17) is 23.4 Å². The molecule has 0 bridgehead atoms. The van der Waals surface area contributed by atoms with E-state index in [1.165, 1.54) is 25.2 Å². The molecule has 5 rings (SSSR count). The van der Waals surface area contributed by atoms with E-state index in [9.17, 15) is 9.59 Å². The number of fused-ring (bicyclic) bond motifs is 3. The summed E-state index contributed by atoms with van der Waals surface area (Å²) < 4.78 is 30.0. The van der Waals surface area contributed by atoms with Crippen molar-refractivity contribution in [3.8, 4) is 23.0 Å². The highest BCUT2D eigenvalue weighted by molar-refractivity contribution is 6.00. The van der Waals surface area contributed by atoms with Crippen molar-refractivity contribution in [3.05, 3.63) is 81.0 Å². The van der Waals surface area contributed by atoms with Gasteiger partial charge in [-0.3, -0.25) is 9.69 Å². The van der Waals surface area contributed by atoms with Gasteiger partial charge in [-0.05, 0) is 70.9 Å². The van der Waals surface area contributed by atoms with E-state index >= 15 is 0 Å². The molecule has 3 aromatic carbocycles. The fraction of sp³-hybridized carbons (Fsp3) is 0.294. The van der Waals surface area contributed by atoms with Gasteiger partial charge < -0.3 is 23.4 Å². The normalized spacial score (nSPS) is 13.3. The zero-order chi connectivity index (χ0) is 30.3. The quantitative estimate of drug-likeness (QED) is 0.175. The molecular formula is C34H35NO7. The monoisotopic (exact) mass is 569 g/mol. The molecule has 0 atom stereocenters. The molecule has 1 aliphatic rings. The van der Waals surface area contributed by atoms with Crippen LogP contribution < -0.4 is 29.3 Å². The Balaban J connectivity index is 1.75. The van der Waals surface area contributed by atoms with Crippen LogP contribution in [0.4, 0.5) is 10.5 Å². The third kappa shape index (κ3) is 5.20. The first-order valence-electron chi connectivity index (χ1n) is 13.7. The van der Waals surface area contributed by atoms with Gasteiger partial charge in [0.15, 0.2) is 11.5 Å². The number of carbonyl (C=O) groups excluding carboxylic acids is 1. The molecule has 42 heavy (non-hydrogen) atoms. The molecule has 1 aromatic heterocycles. The summed E-state index contributed by atoms with van der Waals surface area (Å²) in [4.78, 5) is 29.0. The molecule has 1 amide bonds. The van der Waals surface area contributed by atoms with Gasteiger partial charge >= 0.3 is 6.09 Å². The van der Waals surface area contributed by atoms with E-state index in [0.29, 0.717) is 51.1 Å². The molecule has 0 saturated carbocycles. The molecule has 2 heterocycles. The van der Waals surface area contributed by atoms with Crippen LogP contribution in [0.3, 0.4) is 0 Å². The Hall–Kier alpha value is -4.72. The molecular weight excluding hydrogens is 534 g/mol. The molecule has 0 saturated heterocycles. The Morgan fingerprint density at radius 1 is 1.02 bits per heavy atom. The summed E-state index contributed by atoms with van der Waals surface area (Å²) in [5, 5.41) is 0.615. The van der Waals surface area contributed by atoms with Crippen LogP contribution >= 0.6 is 0 Å². The van der Waals surface area contributed by atoms with Crippen LogP contribution in [0.1, 0.15) is 44.4 Å². The van der Waals surface area contributed by atoms with Crippen LogP contribution in [-0.2, 0) is 6.42 Å². The van der Waals surface area contributed by atoms with Crippen molar-refractivity contribution in [2.45, 2.75) is 46.6 Å². The second-order valence-corrected chi connectivity index (χ2v) is 11.2. The predicted molar refractivity (Wildman–Crippen MR) is 166 cm³/mol. The van der Waals surface area contributed by atoms with E-state index in [0.717, 1.165) is 11.1 Å². The third-order valence-corrected chi connectivity index (χ3v) is 7.24. The zero-order valence-corrected chi connectivity index (χ0v) is 25.2. The highest BCUT2D eigenvalue weighted by atomic mass is 16.6. The summed E-state index contributed by atoms with van der Waals surface area (Å²) in [7, 11) is 4.64. The van der Waals surface area contributed by atoms with Crippen LogP contribution in [-0.4, -0.2) is 33.0 Å². The van der Waals surface area contributed by atoms with Crippen LogP contribution in [0.25, 0.3) is 28.0 Å². The maximum Gasteiger partial charge on any atom is 0.419 e. The highest BCUT2D eigenvalue weighted by Gasteiger charge is 2.29. The molecule has 0 aliphatic carbocycles. The van der Waals surface area contributed by atoms with Gasteiger partial charge in [0.05, 0.1) is 25.2 Å². The SMILES string of the molecule is COc1c(OC(=O)N(C)c2cccc(C)c2)cc2oc3cc4c(c(OC)c3c(=O)c2c1CC=C(C)C)C=CC(C)(C)O4. The predicted octanol–water partition coefficient (Wildman–Crippen LogP) is 7.60. The second kappa shape index (κ2) is 10.9. The summed E-state index contributed by atoms with van der Waals surface area (Å²) >= 11 is 0. The van der Waals surface area contributed by atoms with Gasteiger partial charge in [-0.25, -0.2) is 4.79 Å². The number of carbonyl (C=O) groups is 1. The summed E-state index contributed by atoms with van der Waals surface area (Å²) in [5.41, 5.74) is 3.66. The van der Waals surface area contributed by atoms with E-state index in [1.54, 1.807) is 13.1 Å². The fourth-order valence-corrected chi connectivity index (χ4v) is 5.12. The standard InChI is InChI=1S/C34H35NO7/c1-19(2)12-13-23-28-25(18-27(31(23)38-7)41-33(37)35(6)21-11-9-10-20(3)16-21)40-26-17-24-22(14-15-34(4,5)42-24)32(39-8)29(26)30(28)36/h9-12,14-18H,13H2,1-8H3. The Labute approximate surface area is 244 Å². The molecule has 8 heteroatoms. The summed E-state index contributed by atoms with van der Waals surface area (Å²) in [6.07, 6.45) is 5.53. The first-order chi connectivity index (χ1) is 19.9. The van der Waals surface area contributed by atoms with Crippen LogP contribution in [0.2, 0.25) is 0 Å². The maximum atomic E-state index is 14.3. The molecule has 0 unspecified atom stereocenters. The number of benzene rings is 3. The number of anilines is 1. The first kappa shape index (κ1) is 28.8. The number of hydrogen-bond donors (Lipinski definition) is 0. The van der Waals surface area contributed by atoms with Crippen molar-refractivity contribution in [2.75, 3.05) is 26.2 Å². The van der Waals surface area contributed by atoms with Crippen molar-refractivity contribution in [2.24, 2.45) is 0 Å². The van der Waals surface area contributed by atoms with Crippen molar-refractivity contribution >= 4 is 39.8 Å². The average Bonchev–Trinajstić information content (AvgIpc) is 2.93. The number of allylic oxidation sites excluding steroid dienone is 2. The summed E-state index contributed by atoms with van der Waals surface area (Å²) in [6, 6.07) is 10.8. The van der Waals surface area contributed by atoms with E-state index in [1.807, 2.05) is 77.1 Å². The lowest BCUT2D eigenvalue weighted by Gasteiger charge is -2.28. The van der Waals surface area contributed by atoms with Crippen LogP contribution in [0.15, 0.2) is 63.3 Å². The lowest BCUT2D eigenvalue weighted by atomic mass is 9.97. The Kier molecular flexibility index (Phi) is 7.49. The number of ether oxygens (including phenoxy) is 4. The number of nitrogens with zero attached hydrogens (tertiary/aromatic N) is 1. The van der Waals surface area contributed by atoms with Gasteiger partial charge in [-0.1, -0.05) is 23.8 Å². The minimum absolute atomic E-state index is 0.138. The van der Waals surface area contributed by atoms with Gasteiger partial charge in [0.25, 0.3) is 0 Å². The third-order valence-electron chi connectivity index (χ3n) is 7.24. The molecule has 0 N–H and O–H groups in total. The number of aryl methyl sites for hydroxylation is 1. The van der Waals surface area contributed by atoms with Crippen molar-refractivity contribution < 1.29 is 28.2 Å². The lowest BCUT2D eigenvalue weighted by Crippen LogP contribution is -2.29. The number of rotatable bonds is 6. The topological polar surface area (TPSA) is 87.4 Å². The van der Waals surface area contributed by atoms with E-state index < -0.39 is 11.7 Å². The highest BCUT2D eigenvalue weighted by Crippen LogP contribution is 2.44. The number of methoxy groups -OCH3 is 2. The van der Waals surface area contributed by atoms with E-state index in [-0.39, 0.29) is 22.5 Å². The summed E-state index contributed by atoms with van der Waals surface area (Å²) in [5.74, 6) is 1.32. The van der Waals surface area contributed by atoms with Crippen molar-refractivity contribution in [1.29, 1.82) is 0 Å². The molecule has 218 valence electrons. The van der Waals surface area contributed by atoms with Gasteiger partial charge in [0.1, 0.15) is 33.7 Å². The molecule has 0 fully saturated rings. The Bertz CT molecular complexity index is 1840. The first-order valence-corrected chi connectivity index (χ1v) is 13.7. The second-order valence-electron chi connectivity index (χ2n) is 11.2. The molecule has 4 aromatic rings. The van der Waals surface area contributed by atoms with Crippen molar-refractivity contribution in [1.82, 2.24) is 0 Å². The molecule has 0 radical (unpaired) electrons. The number of amides is 1. The average molecular weight is 570 g/mol. The van der Waals surface area contributed by atoms with Crippen LogP contribution in [0, 0.1) is 6.92 Å². The van der Waals surface area contributed by atoms with Gasteiger partial charge in [0.2, 0.25) is 5.43 Å². The molecule has 8 nitrogen and oxygen atoms in total. The molecule has 1 aliphatic heterocycles. The largest absolute Gasteiger partial charge is 0.495 e. The zero-order valence-electron chi connectivity index (χ0n) is 25.2. The van der Waals surface area contributed by atoms with Crippen LogP contribution in [0.5, 0.6) is 23.0 Å². The van der Waals surface area contributed by atoms with Gasteiger partial charge in [-0.2, -0.15) is 0 Å². The minimum Gasteiger partial charge on any atom is -0.495 e. The Morgan fingerprint density at radius 3 is 2.40 bits per heavy atom. The van der Waals surface area contributed by atoms with Gasteiger partial charge in [0, 0.05) is 30.4 Å². The van der Waals surface area contributed by atoms with E-state index in [2.05, 4.69) is 0 Å². The van der Waals surface area contributed by atoms with Gasteiger partial charge in [-0.15, -0.1) is 0 Å². The smallest absolute Gasteiger partial charge is 0.419 e. The summed E-state index contributed by atoms with van der Waals surface area (Å²) in [6.45, 7) is 9.77. The maximum absolute atomic E-state index is 14.3. The lowest BCUT2D eigenvalue weighted by molar-refractivity contribution is 0.158. The van der Waals surface area contributed by atoms with Crippen molar-refractivity contribution in [3.63, 3.8) is 0 Å². The fourth-order valence-electron chi connectivity index (χ4n) is 5.12. The number of hydrogen-bond acceptors (Lipinski definition) is 7. The molecule has 0 spiro atoms.